The van der Waals surface area contributed by atoms with Crippen molar-refractivity contribution in [2.45, 2.75) is 52.2 Å². The number of aryl methyl sites for hydroxylation is 1. The van der Waals surface area contributed by atoms with E-state index in [2.05, 4.69) is 29.1 Å². The fourth-order valence-electron chi connectivity index (χ4n) is 6.25. The summed E-state index contributed by atoms with van der Waals surface area (Å²) >= 11 is 0. The van der Waals surface area contributed by atoms with Gasteiger partial charge in [-0.3, -0.25) is 0 Å². The molecule has 224 valence electrons. The molecule has 4 heterocycles. The van der Waals surface area contributed by atoms with E-state index in [1.54, 1.807) is 6.07 Å². The molecule has 0 unspecified atom stereocenters. The molecule has 4 aromatic rings. The Balaban J connectivity index is 1.22. The highest BCUT2D eigenvalue weighted by Crippen LogP contribution is 2.34. The van der Waals surface area contributed by atoms with Crippen molar-refractivity contribution >= 4 is 5.97 Å². The number of aromatic nitrogens is 3. The van der Waals surface area contributed by atoms with E-state index in [1.165, 1.54) is 53.1 Å². The molecule has 0 spiro atoms. The summed E-state index contributed by atoms with van der Waals surface area (Å²) in [6.07, 6.45) is 6.10. The molecule has 2 aliphatic heterocycles. The van der Waals surface area contributed by atoms with Crippen LogP contribution in [0.5, 0.6) is 11.6 Å². The van der Waals surface area contributed by atoms with Crippen LogP contribution in [0.2, 0.25) is 0 Å². The quantitative estimate of drug-likeness (QED) is 0.280. The van der Waals surface area contributed by atoms with E-state index >= 15 is 0 Å². The van der Waals surface area contributed by atoms with Gasteiger partial charge in [0, 0.05) is 31.8 Å². The molecule has 43 heavy (non-hydrogen) atoms. The number of hydrogen-bond donors (Lipinski definition) is 1. The zero-order valence-corrected chi connectivity index (χ0v) is 25.0. The minimum absolute atomic E-state index is 0.0269. The highest BCUT2D eigenvalue weighted by atomic mass is 16.5. The number of para-hydroxylation sites is 1. The van der Waals surface area contributed by atoms with E-state index in [0.29, 0.717) is 24.2 Å². The number of carboxylic acids is 1. The third-order valence-corrected chi connectivity index (χ3v) is 8.63. The van der Waals surface area contributed by atoms with Gasteiger partial charge in [-0.2, -0.15) is 9.78 Å². The first-order chi connectivity index (χ1) is 20.9. The standard InChI is InChI=1S/C34H38N4O5/c1-22-7-4-9-28(30-10-5-11-31(36-30)38-33(41-3)29(19-35-38)34(39)40)32(22)43-21-25-13-12-24-14-16-37(17-15-27(24)23(25)2)20-26-8-6-18-42-26/h4-5,7,9-13,19,26H,6,8,14-18,20-21H2,1-3H3,(H,39,40)/t26-/m1/s1. The fourth-order valence-corrected chi connectivity index (χ4v) is 6.25. The average Bonchev–Trinajstić information content (AvgIpc) is 3.64. The smallest absolute Gasteiger partial charge is 0.342 e. The van der Waals surface area contributed by atoms with Gasteiger partial charge in [-0.25, -0.2) is 9.78 Å². The molecule has 0 radical (unpaired) electrons. The molecule has 0 amide bonds. The number of carbonyl (C=O) groups is 1. The Morgan fingerprint density at radius 1 is 1.09 bits per heavy atom. The number of hydrogen-bond acceptors (Lipinski definition) is 7. The van der Waals surface area contributed by atoms with E-state index < -0.39 is 5.97 Å². The van der Waals surface area contributed by atoms with Gasteiger partial charge in [0.15, 0.2) is 5.82 Å². The number of rotatable bonds is 9. The second-order valence-corrected chi connectivity index (χ2v) is 11.3. The second kappa shape index (κ2) is 12.6. The first-order valence-electron chi connectivity index (χ1n) is 14.9. The lowest BCUT2D eigenvalue weighted by Gasteiger charge is -2.23. The van der Waals surface area contributed by atoms with Crippen LogP contribution in [0.25, 0.3) is 17.1 Å². The Morgan fingerprint density at radius 3 is 2.72 bits per heavy atom. The van der Waals surface area contributed by atoms with Gasteiger partial charge in [-0.05, 0) is 85.5 Å². The van der Waals surface area contributed by atoms with Crippen LogP contribution in [0, 0.1) is 13.8 Å². The molecule has 0 saturated carbocycles. The first-order valence-corrected chi connectivity index (χ1v) is 14.9. The van der Waals surface area contributed by atoms with Gasteiger partial charge in [-0.1, -0.05) is 30.3 Å². The normalized spacial score (nSPS) is 17.0. The molecule has 2 aliphatic rings. The van der Waals surface area contributed by atoms with Gasteiger partial charge in [0.25, 0.3) is 0 Å². The number of carboxylic acid groups (broad SMARTS) is 1. The lowest BCUT2D eigenvalue weighted by Crippen LogP contribution is -2.34. The molecule has 1 atom stereocenters. The van der Waals surface area contributed by atoms with E-state index in [0.717, 1.165) is 56.0 Å². The maximum atomic E-state index is 11.6. The highest BCUT2D eigenvalue weighted by Gasteiger charge is 2.23. The maximum Gasteiger partial charge on any atom is 0.342 e. The van der Waals surface area contributed by atoms with Gasteiger partial charge in [-0.15, -0.1) is 0 Å². The minimum atomic E-state index is -1.11. The third kappa shape index (κ3) is 6.00. The molecule has 2 aromatic heterocycles. The molecule has 9 nitrogen and oxygen atoms in total. The maximum absolute atomic E-state index is 11.6. The Labute approximate surface area is 252 Å². The number of pyridine rings is 1. The number of ether oxygens (including phenoxy) is 3. The summed E-state index contributed by atoms with van der Waals surface area (Å²) in [6, 6.07) is 16.0. The summed E-state index contributed by atoms with van der Waals surface area (Å²) < 4.78 is 19.2. The molecule has 0 aliphatic carbocycles. The van der Waals surface area contributed by atoms with Crippen molar-refractivity contribution in [3.05, 3.63) is 88.1 Å². The molecule has 0 bridgehead atoms. The fraction of sp³-hybridized carbons (Fsp3) is 0.382. The van der Waals surface area contributed by atoms with Crippen LogP contribution in [-0.2, 0) is 24.2 Å². The van der Waals surface area contributed by atoms with Gasteiger partial charge < -0.3 is 24.2 Å². The summed E-state index contributed by atoms with van der Waals surface area (Å²) in [7, 11) is 1.42. The molecule has 1 N–H and O–H groups in total. The van der Waals surface area contributed by atoms with Gasteiger partial charge in [0.1, 0.15) is 17.9 Å². The molecule has 6 rings (SSSR count). The zero-order valence-electron chi connectivity index (χ0n) is 25.0. The lowest BCUT2D eigenvalue weighted by atomic mass is 9.94. The van der Waals surface area contributed by atoms with Crippen LogP contribution < -0.4 is 9.47 Å². The second-order valence-electron chi connectivity index (χ2n) is 11.3. The molecule has 2 aromatic carbocycles. The molecule has 1 fully saturated rings. The molecule has 9 heteroatoms. The largest absolute Gasteiger partial charge is 0.488 e. The van der Waals surface area contributed by atoms with E-state index in [1.807, 2.05) is 37.3 Å². The van der Waals surface area contributed by atoms with Crippen molar-refractivity contribution in [3.8, 4) is 28.7 Å². The van der Waals surface area contributed by atoms with E-state index in [-0.39, 0.29) is 11.4 Å². The van der Waals surface area contributed by atoms with Crippen LogP contribution in [-0.4, -0.2) is 70.2 Å². The monoisotopic (exact) mass is 582 g/mol. The van der Waals surface area contributed by atoms with Crippen molar-refractivity contribution in [2.75, 3.05) is 33.4 Å². The van der Waals surface area contributed by atoms with Crippen molar-refractivity contribution in [2.24, 2.45) is 0 Å². The number of nitrogens with zero attached hydrogens (tertiary/aromatic N) is 4. The third-order valence-electron chi connectivity index (χ3n) is 8.63. The zero-order chi connectivity index (χ0) is 29.9. The predicted octanol–water partition coefficient (Wildman–Crippen LogP) is 5.42. The van der Waals surface area contributed by atoms with E-state index in [4.69, 9.17) is 19.2 Å². The Bertz CT molecular complexity index is 1630. The van der Waals surface area contributed by atoms with Crippen LogP contribution in [0.3, 0.4) is 0 Å². The minimum Gasteiger partial charge on any atom is -0.488 e. The van der Waals surface area contributed by atoms with E-state index in [9.17, 15) is 9.90 Å². The predicted molar refractivity (Wildman–Crippen MR) is 163 cm³/mol. The van der Waals surface area contributed by atoms with Crippen LogP contribution in [0.4, 0.5) is 0 Å². The number of aromatic carboxylic acids is 1. The molecular formula is C34H38N4O5. The highest BCUT2D eigenvalue weighted by molar-refractivity contribution is 5.90. The van der Waals surface area contributed by atoms with Crippen molar-refractivity contribution in [1.29, 1.82) is 0 Å². The molecule has 1 saturated heterocycles. The first kappa shape index (κ1) is 28.9. The summed E-state index contributed by atoms with van der Waals surface area (Å²) in [6.45, 7) is 8.76. The summed E-state index contributed by atoms with van der Waals surface area (Å²) in [4.78, 5) is 19.0. The SMILES string of the molecule is COc1c(C(=O)O)cnn1-c1cccc(-c2cccc(C)c2OCc2ccc3c(c2C)CCN(C[C@H]2CCCO2)CC3)n1. The van der Waals surface area contributed by atoms with Crippen LogP contribution >= 0.6 is 0 Å². The average molecular weight is 583 g/mol. The van der Waals surface area contributed by atoms with Gasteiger partial charge in [0.2, 0.25) is 5.88 Å². The van der Waals surface area contributed by atoms with Crippen LogP contribution in [0.1, 0.15) is 51.0 Å². The summed E-state index contributed by atoms with van der Waals surface area (Å²) in [5, 5.41) is 13.7. The van der Waals surface area contributed by atoms with Crippen molar-refractivity contribution < 1.29 is 24.1 Å². The van der Waals surface area contributed by atoms with Crippen LogP contribution in [0.15, 0.2) is 54.7 Å². The Morgan fingerprint density at radius 2 is 1.93 bits per heavy atom. The summed E-state index contributed by atoms with van der Waals surface area (Å²) in [5.41, 5.74) is 7.90. The number of methoxy groups -OCH3 is 1. The van der Waals surface area contributed by atoms with Gasteiger partial charge in [0.05, 0.1) is 25.1 Å². The topological polar surface area (TPSA) is 98.9 Å². The van der Waals surface area contributed by atoms with Crippen molar-refractivity contribution in [1.82, 2.24) is 19.7 Å². The molecular weight excluding hydrogens is 544 g/mol. The number of fused-ring (bicyclic) bond motifs is 1. The Hall–Kier alpha value is -4.21. The lowest BCUT2D eigenvalue weighted by molar-refractivity contribution is 0.0693. The number of benzene rings is 2. The van der Waals surface area contributed by atoms with Crippen molar-refractivity contribution in [3.63, 3.8) is 0 Å². The Kier molecular flexibility index (Phi) is 8.44. The summed E-state index contributed by atoms with van der Waals surface area (Å²) in [5.74, 6) is 0.219. The van der Waals surface area contributed by atoms with Gasteiger partial charge >= 0.3 is 5.97 Å².